The molecule has 3 nitrogen and oxygen atoms in total. The van der Waals surface area contributed by atoms with Crippen LogP contribution in [0.4, 0.5) is 5.82 Å². The van der Waals surface area contributed by atoms with Gasteiger partial charge < -0.3 is 5.32 Å². The van der Waals surface area contributed by atoms with Gasteiger partial charge in [0.05, 0.1) is 11.6 Å². The van der Waals surface area contributed by atoms with E-state index in [-0.39, 0.29) is 6.04 Å². The molecule has 1 atom stereocenters. The van der Waals surface area contributed by atoms with Gasteiger partial charge in [0.15, 0.2) is 0 Å². The van der Waals surface area contributed by atoms with E-state index < -0.39 is 0 Å². The Kier molecular flexibility index (Phi) is 3.93. The highest BCUT2D eigenvalue weighted by Gasteiger charge is 2.04. The number of hydrogen-bond donors (Lipinski definition) is 1. The molecule has 2 aromatic rings. The normalized spacial score (nSPS) is 11.6. The first-order chi connectivity index (χ1) is 8.78. The van der Waals surface area contributed by atoms with Crippen LogP contribution in [-0.2, 0) is 6.42 Å². The third kappa shape index (κ3) is 3.33. The predicted molar refractivity (Wildman–Crippen MR) is 72.2 cm³/mol. The molecule has 0 radical (unpaired) electrons. The van der Waals surface area contributed by atoms with E-state index in [1.165, 1.54) is 5.56 Å². The van der Waals surface area contributed by atoms with Crippen LogP contribution in [0.15, 0.2) is 48.7 Å². The molecule has 0 saturated carbocycles. The van der Waals surface area contributed by atoms with Gasteiger partial charge in [0.25, 0.3) is 0 Å². The van der Waals surface area contributed by atoms with Crippen LogP contribution in [0.3, 0.4) is 0 Å². The van der Waals surface area contributed by atoms with Gasteiger partial charge in [-0.05, 0) is 31.0 Å². The van der Waals surface area contributed by atoms with Crippen molar-refractivity contribution < 1.29 is 0 Å². The van der Waals surface area contributed by atoms with Crippen molar-refractivity contribution in [1.82, 2.24) is 4.98 Å². The van der Waals surface area contributed by atoms with Gasteiger partial charge in [-0.1, -0.05) is 30.3 Å². The monoisotopic (exact) mass is 237 g/mol. The third-order valence-electron chi connectivity index (χ3n) is 2.67. The van der Waals surface area contributed by atoms with Crippen LogP contribution in [0.1, 0.15) is 18.1 Å². The molecule has 2 rings (SSSR count). The summed E-state index contributed by atoms with van der Waals surface area (Å²) >= 11 is 0. The molecule has 0 aliphatic rings. The zero-order valence-corrected chi connectivity index (χ0v) is 10.3. The molecular weight excluding hydrogens is 222 g/mol. The number of nitriles is 1. The van der Waals surface area contributed by atoms with Crippen LogP contribution in [0, 0.1) is 11.3 Å². The molecule has 3 heteroatoms. The van der Waals surface area contributed by atoms with E-state index >= 15 is 0 Å². The second kappa shape index (κ2) is 5.83. The summed E-state index contributed by atoms with van der Waals surface area (Å²) in [5.41, 5.74) is 1.91. The number of pyridine rings is 1. The van der Waals surface area contributed by atoms with Crippen molar-refractivity contribution in [2.75, 3.05) is 5.32 Å². The van der Waals surface area contributed by atoms with E-state index in [2.05, 4.69) is 35.4 Å². The largest absolute Gasteiger partial charge is 0.367 e. The van der Waals surface area contributed by atoms with E-state index in [9.17, 15) is 0 Å². The van der Waals surface area contributed by atoms with Gasteiger partial charge in [-0.3, -0.25) is 0 Å². The van der Waals surface area contributed by atoms with Crippen LogP contribution in [0.5, 0.6) is 0 Å². The first kappa shape index (κ1) is 12.1. The van der Waals surface area contributed by atoms with Crippen molar-refractivity contribution in [3.63, 3.8) is 0 Å². The number of nitrogens with zero attached hydrogens (tertiary/aromatic N) is 2. The lowest BCUT2D eigenvalue weighted by atomic mass is 10.1. The van der Waals surface area contributed by atoms with Gasteiger partial charge in [-0.2, -0.15) is 5.26 Å². The second-order valence-corrected chi connectivity index (χ2v) is 4.28. The third-order valence-corrected chi connectivity index (χ3v) is 2.67. The number of hydrogen-bond acceptors (Lipinski definition) is 3. The highest BCUT2D eigenvalue weighted by atomic mass is 15.0. The van der Waals surface area contributed by atoms with Gasteiger partial charge in [0, 0.05) is 12.2 Å². The average Bonchev–Trinajstić information content (AvgIpc) is 2.40. The summed E-state index contributed by atoms with van der Waals surface area (Å²) in [4.78, 5) is 4.21. The average molecular weight is 237 g/mol. The topological polar surface area (TPSA) is 48.7 Å². The molecule has 0 fully saturated rings. The van der Waals surface area contributed by atoms with Gasteiger partial charge in [-0.15, -0.1) is 0 Å². The van der Waals surface area contributed by atoms with E-state index in [4.69, 9.17) is 5.26 Å². The Hall–Kier alpha value is -2.34. The first-order valence-electron chi connectivity index (χ1n) is 5.94. The molecule has 18 heavy (non-hydrogen) atoms. The molecule has 1 aromatic carbocycles. The molecule has 0 amide bonds. The Morgan fingerprint density at radius 2 is 2.06 bits per heavy atom. The minimum absolute atomic E-state index is 0.272. The highest BCUT2D eigenvalue weighted by Crippen LogP contribution is 2.10. The Balaban J connectivity index is 1.99. The molecular formula is C15H15N3. The molecule has 1 heterocycles. The lowest BCUT2D eigenvalue weighted by Gasteiger charge is -2.14. The maximum atomic E-state index is 8.83. The Morgan fingerprint density at radius 1 is 1.28 bits per heavy atom. The van der Waals surface area contributed by atoms with Crippen LogP contribution < -0.4 is 5.32 Å². The van der Waals surface area contributed by atoms with Gasteiger partial charge in [0.1, 0.15) is 5.82 Å². The molecule has 0 bridgehead atoms. The maximum absolute atomic E-state index is 8.83. The van der Waals surface area contributed by atoms with Crippen molar-refractivity contribution in [3.8, 4) is 6.07 Å². The highest BCUT2D eigenvalue weighted by molar-refractivity contribution is 5.43. The molecule has 1 N–H and O–H groups in total. The summed E-state index contributed by atoms with van der Waals surface area (Å²) in [6.45, 7) is 2.10. The predicted octanol–water partition coefficient (Wildman–Crippen LogP) is 3.00. The second-order valence-electron chi connectivity index (χ2n) is 4.28. The molecule has 0 spiro atoms. The van der Waals surface area contributed by atoms with Crippen LogP contribution >= 0.6 is 0 Å². The SMILES string of the molecule is CC(Cc1ccccc1)Nc1cc(C#N)ccn1. The minimum Gasteiger partial charge on any atom is -0.367 e. The molecule has 0 aliphatic heterocycles. The van der Waals surface area contributed by atoms with Crippen molar-refractivity contribution in [2.24, 2.45) is 0 Å². The summed E-state index contributed by atoms with van der Waals surface area (Å²) in [7, 11) is 0. The van der Waals surface area contributed by atoms with E-state index in [1.807, 2.05) is 18.2 Å². The van der Waals surface area contributed by atoms with E-state index in [1.54, 1.807) is 18.3 Å². The molecule has 0 saturated heterocycles. The smallest absolute Gasteiger partial charge is 0.127 e. The first-order valence-corrected chi connectivity index (χ1v) is 5.94. The number of aromatic nitrogens is 1. The van der Waals surface area contributed by atoms with Crippen LogP contribution in [0.25, 0.3) is 0 Å². The quantitative estimate of drug-likeness (QED) is 0.889. The van der Waals surface area contributed by atoms with E-state index in [0.29, 0.717) is 5.56 Å². The lowest BCUT2D eigenvalue weighted by Crippen LogP contribution is -2.18. The number of anilines is 1. The van der Waals surface area contributed by atoms with Crippen LogP contribution in [0.2, 0.25) is 0 Å². The summed E-state index contributed by atoms with van der Waals surface area (Å²) in [6, 6.07) is 16.2. The van der Waals surface area contributed by atoms with E-state index in [0.717, 1.165) is 12.2 Å². The van der Waals surface area contributed by atoms with Crippen molar-refractivity contribution in [3.05, 3.63) is 59.8 Å². The molecule has 90 valence electrons. The fourth-order valence-corrected chi connectivity index (χ4v) is 1.85. The Bertz CT molecular complexity index is 543. The summed E-state index contributed by atoms with van der Waals surface area (Å²) < 4.78 is 0. The lowest BCUT2D eigenvalue weighted by molar-refractivity contribution is 0.784. The standard InChI is InChI=1S/C15H15N3/c1-12(9-13-5-3-2-4-6-13)18-15-10-14(11-16)7-8-17-15/h2-8,10,12H,9H2,1H3,(H,17,18). The van der Waals surface area contributed by atoms with Crippen LogP contribution in [-0.4, -0.2) is 11.0 Å². The maximum Gasteiger partial charge on any atom is 0.127 e. The fourth-order valence-electron chi connectivity index (χ4n) is 1.85. The molecule has 1 unspecified atom stereocenters. The number of nitrogens with one attached hydrogen (secondary N) is 1. The van der Waals surface area contributed by atoms with Gasteiger partial charge >= 0.3 is 0 Å². The summed E-state index contributed by atoms with van der Waals surface area (Å²) in [5, 5.41) is 12.1. The van der Waals surface area contributed by atoms with Gasteiger partial charge in [-0.25, -0.2) is 4.98 Å². The fraction of sp³-hybridized carbons (Fsp3) is 0.200. The van der Waals surface area contributed by atoms with Crippen molar-refractivity contribution in [2.45, 2.75) is 19.4 Å². The van der Waals surface area contributed by atoms with Gasteiger partial charge in [0.2, 0.25) is 0 Å². The Morgan fingerprint density at radius 3 is 2.78 bits per heavy atom. The van der Waals surface area contributed by atoms with Crippen molar-refractivity contribution in [1.29, 1.82) is 5.26 Å². The number of benzene rings is 1. The Labute approximate surface area is 107 Å². The van der Waals surface area contributed by atoms with Crippen molar-refractivity contribution >= 4 is 5.82 Å². The number of rotatable bonds is 4. The zero-order valence-electron chi connectivity index (χ0n) is 10.3. The minimum atomic E-state index is 0.272. The molecule has 1 aromatic heterocycles. The summed E-state index contributed by atoms with van der Waals surface area (Å²) in [6.07, 6.45) is 2.58. The summed E-state index contributed by atoms with van der Waals surface area (Å²) in [5.74, 6) is 0.748. The zero-order chi connectivity index (χ0) is 12.8. The molecule has 0 aliphatic carbocycles.